The Labute approximate surface area is 173 Å². The van der Waals surface area contributed by atoms with Gasteiger partial charge in [0.15, 0.2) is 27.8 Å². The summed E-state index contributed by atoms with van der Waals surface area (Å²) in [4.78, 5) is 17.9. The quantitative estimate of drug-likeness (QED) is 0.584. The lowest BCUT2D eigenvalue weighted by atomic mass is 10.2. The number of carbonyl (C=O) groups is 1. The maximum atomic E-state index is 12.8. The van der Waals surface area contributed by atoms with Crippen LogP contribution >= 0.6 is 11.3 Å². The van der Waals surface area contributed by atoms with E-state index in [1.807, 2.05) is 16.7 Å². The van der Waals surface area contributed by atoms with Crippen molar-refractivity contribution < 1.29 is 23.7 Å². The standard InChI is InChI=1S/C21H24N2O5S/c1-6-9-23-14-11-17(27-4)18(28-5)12-19(14)29-21(23)22-20(24)13-7-8-15(25-2)16(10-13)26-3/h7-8,10-12H,6,9H2,1-5H3. The molecule has 0 bridgehead atoms. The van der Waals surface area contributed by atoms with Gasteiger partial charge in [-0.1, -0.05) is 18.3 Å². The van der Waals surface area contributed by atoms with Crippen LogP contribution in [-0.4, -0.2) is 38.9 Å². The Bertz CT molecular complexity index is 1100. The lowest BCUT2D eigenvalue weighted by Crippen LogP contribution is -2.17. The second kappa shape index (κ2) is 9.00. The summed E-state index contributed by atoms with van der Waals surface area (Å²) in [5, 5.41) is 0. The third-order valence-corrected chi connectivity index (χ3v) is 5.50. The summed E-state index contributed by atoms with van der Waals surface area (Å²) in [7, 11) is 6.29. The molecular formula is C21H24N2O5S. The lowest BCUT2D eigenvalue weighted by Gasteiger charge is -2.09. The number of carbonyl (C=O) groups excluding carboxylic acids is 1. The van der Waals surface area contributed by atoms with Crippen molar-refractivity contribution in [1.82, 2.24) is 4.57 Å². The van der Waals surface area contributed by atoms with Crippen LogP contribution in [0.15, 0.2) is 35.3 Å². The van der Waals surface area contributed by atoms with Gasteiger partial charge in [-0.15, -0.1) is 0 Å². The molecule has 0 aliphatic rings. The predicted molar refractivity (Wildman–Crippen MR) is 113 cm³/mol. The minimum Gasteiger partial charge on any atom is -0.493 e. The number of amides is 1. The highest BCUT2D eigenvalue weighted by atomic mass is 32.1. The number of methoxy groups -OCH3 is 4. The largest absolute Gasteiger partial charge is 0.493 e. The molecule has 29 heavy (non-hydrogen) atoms. The van der Waals surface area contributed by atoms with Gasteiger partial charge < -0.3 is 23.5 Å². The van der Waals surface area contributed by atoms with Gasteiger partial charge in [-0.05, 0) is 24.6 Å². The van der Waals surface area contributed by atoms with E-state index in [9.17, 15) is 4.79 Å². The van der Waals surface area contributed by atoms with Crippen LogP contribution in [0.5, 0.6) is 23.0 Å². The van der Waals surface area contributed by atoms with Crippen molar-refractivity contribution >= 4 is 27.5 Å². The zero-order chi connectivity index (χ0) is 21.0. The van der Waals surface area contributed by atoms with Crippen LogP contribution in [0.25, 0.3) is 10.2 Å². The molecule has 154 valence electrons. The van der Waals surface area contributed by atoms with Crippen molar-refractivity contribution in [2.75, 3.05) is 28.4 Å². The number of ether oxygens (including phenoxy) is 4. The van der Waals surface area contributed by atoms with Gasteiger partial charge in [0.1, 0.15) is 0 Å². The summed E-state index contributed by atoms with van der Waals surface area (Å²) < 4.78 is 24.3. The smallest absolute Gasteiger partial charge is 0.279 e. The minimum absolute atomic E-state index is 0.346. The van der Waals surface area contributed by atoms with Gasteiger partial charge in [-0.3, -0.25) is 4.79 Å². The Hall–Kier alpha value is -3.00. The predicted octanol–water partition coefficient (Wildman–Crippen LogP) is 3.89. The molecule has 0 aliphatic carbocycles. The van der Waals surface area contributed by atoms with Crippen LogP contribution in [0, 0.1) is 0 Å². The van der Waals surface area contributed by atoms with Gasteiger partial charge >= 0.3 is 0 Å². The highest BCUT2D eigenvalue weighted by Gasteiger charge is 2.14. The van der Waals surface area contributed by atoms with E-state index in [1.54, 1.807) is 39.5 Å². The number of hydrogen-bond acceptors (Lipinski definition) is 6. The van der Waals surface area contributed by atoms with Gasteiger partial charge in [0.05, 0.1) is 38.7 Å². The van der Waals surface area contributed by atoms with Crippen molar-refractivity contribution in [2.24, 2.45) is 4.99 Å². The van der Waals surface area contributed by atoms with Crippen LogP contribution in [-0.2, 0) is 6.54 Å². The number of rotatable bonds is 7. The minimum atomic E-state index is -0.346. The molecule has 1 heterocycles. The molecule has 0 saturated heterocycles. The normalized spacial score (nSPS) is 11.6. The van der Waals surface area contributed by atoms with E-state index in [-0.39, 0.29) is 5.91 Å². The van der Waals surface area contributed by atoms with Crippen molar-refractivity contribution in [3.05, 3.63) is 40.7 Å². The summed E-state index contributed by atoms with van der Waals surface area (Å²) in [6.07, 6.45) is 0.901. The highest BCUT2D eigenvalue weighted by Crippen LogP contribution is 2.33. The maximum Gasteiger partial charge on any atom is 0.279 e. The Morgan fingerprint density at radius 2 is 1.55 bits per heavy atom. The monoisotopic (exact) mass is 416 g/mol. The van der Waals surface area contributed by atoms with Crippen molar-refractivity contribution in [3.8, 4) is 23.0 Å². The lowest BCUT2D eigenvalue weighted by molar-refractivity contribution is 0.0997. The topological polar surface area (TPSA) is 71.3 Å². The molecule has 2 aromatic carbocycles. The van der Waals surface area contributed by atoms with E-state index >= 15 is 0 Å². The molecule has 1 aromatic heterocycles. The number of benzene rings is 2. The molecule has 3 aromatic rings. The maximum absolute atomic E-state index is 12.8. The number of aromatic nitrogens is 1. The second-order valence-electron chi connectivity index (χ2n) is 6.20. The first-order valence-electron chi connectivity index (χ1n) is 9.12. The third kappa shape index (κ3) is 4.07. The van der Waals surface area contributed by atoms with E-state index in [0.29, 0.717) is 33.4 Å². The van der Waals surface area contributed by atoms with Crippen LogP contribution < -0.4 is 23.7 Å². The Kier molecular flexibility index (Phi) is 6.43. The van der Waals surface area contributed by atoms with Crippen LogP contribution in [0.2, 0.25) is 0 Å². The van der Waals surface area contributed by atoms with Gasteiger partial charge in [0.25, 0.3) is 5.91 Å². The van der Waals surface area contributed by atoms with E-state index in [4.69, 9.17) is 18.9 Å². The Morgan fingerprint density at radius 3 is 2.17 bits per heavy atom. The molecule has 8 heteroatoms. The zero-order valence-corrected chi connectivity index (χ0v) is 18.0. The molecule has 0 radical (unpaired) electrons. The average Bonchev–Trinajstić information content (AvgIpc) is 3.08. The van der Waals surface area contributed by atoms with E-state index in [2.05, 4.69) is 11.9 Å². The van der Waals surface area contributed by atoms with Crippen molar-refractivity contribution in [1.29, 1.82) is 0 Å². The first-order valence-corrected chi connectivity index (χ1v) is 9.94. The number of nitrogens with zero attached hydrogens (tertiary/aromatic N) is 2. The van der Waals surface area contributed by atoms with E-state index < -0.39 is 0 Å². The fourth-order valence-corrected chi connectivity index (χ4v) is 4.11. The first kappa shape index (κ1) is 20.7. The van der Waals surface area contributed by atoms with Crippen LogP contribution in [0.3, 0.4) is 0 Å². The molecule has 0 unspecified atom stereocenters. The fraction of sp³-hybridized carbons (Fsp3) is 0.333. The molecule has 0 saturated carbocycles. The van der Waals surface area contributed by atoms with Crippen molar-refractivity contribution in [2.45, 2.75) is 19.9 Å². The highest BCUT2D eigenvalue weighted by molar-refractivity contribution is 7.16. The number of hydrogen-bond donors (Lipinski definition) is 0. The summed E-state index contributed by atoms with van der Waals surface area (Å²) in [5.41, 5.74) is 1.38. The first-order chi connectivity index (χ1) is 14.1. The third-order valence-electron chi connectivity index (χ3n) is 4.46. The fourth-order valence-electron chi connectivity index (χ4n) is 3.04. The molecule has 0 aliphatic heterocycles. The molecule has 0 atom stereocenters. The van der Waals surface area contributed by atoms with Crippen molar-refractivity contribution in [3.63, 3.8) is 0 Å². The van der Waals surface area contributed by atoms with Gasteiger partial charge in [0.2, 0.25) is 0 Å². The summed E-state index contributed by atoms with van der Waals surface area (Å²) in [6.45, 7) is 2.81. The Morgan fingerprint density at radius 1 is 0.931 bits per heavy atom. The molecule has 1 amide bonds. The molecule has 0 spiro atoms. The average molecular weight is 416 g/mol. The van der Waals surface area contributed by atoms with Crippen LogP contribution in [0.1, 0.15) is 23.7 Å². The molecule has 3 rings (SSSR count). The number of fused-ring (bicyclic) bond motifs is 1. The molecular weight excluding hydrogens is 392 g/mol. The summed E-state index contributed by atoms with van der Waals surface area (Å²) in [6, 6.07) is 8.83. The SMILES string of the molecule is CCCn1c(=NC(=O)c2ccc(OC)c(OC)c2)sc2cc(OC)c(OC)cc21. The van der Waals surface area contributed by atoms with Gasteiger partial charge in [0, 0.05) is 24.2 Å². The molecule has 7 nitrogen and oxygen atoms in total. The molecule has 0 fully saturated rings. The van der Waals surface area contributed by atoms with Crippen LogP contribution in [0.4, 0.5) is 0 Å². The Balaban J connectivity index is 2.13. The summed E-state index contributed by atoms with van der Waals surface area (Å²) in [5.74, 6) is 1.98. The van der Waals surface area contributed by atoms with E-state index in [0.717, 1.165) is 23.2 Å². The zero-order valence-electron chi connectivity index (χ0n) is 17.1. The number of aryl methyl sites for hydroxylation is 1. The second-order valence-corrected chi connectivity index (χ2v) is 7.21. The van der Waals surface area contributed by atoms with Gasteiger partial charge in [-0.2, -0.15) is 4.99 Å². The number of thiazole rings is 1. The van der Waals surface area contributed by atoms with Gasteiger partial charge in [-0.25, -0.2) is 0 Å². The van der Waals surface area contributed by atoms with E-state index in [1.165, 1.54) is 18.4 Å². The summed E-state index contributed by atoms with van der Waals surface area (Å²) >= 11 is 1.44. The molecule has 0 N–H and O–H groups in total.